The van der Waals surface area contributed by atoms with Crippen LogP contribution in [0.5, 0.6) is 0 Å². The van der Waals surface area contributed by atoms with Crippen LogP contribution in [0.4, 0.5) is 5.69 Å². The molecule has 1 aromatic heterocycles. The first kappa shape index (κ1) is 14.1. The predicted octanol–water partition coefficient (Wildman–Crippen LogP) is 3.23. The van der Waals surface area contributed by atoms with Crippen LogP contribution in [-0.2, 0) is 6.42 Å². The van der Waals surface area contributed by atoms with Gasteiger partial charge in [0, 0.05) is 30.7 Å². The van der Waals surface area contributed by atoms with Crippen LogP contribution in [0.25, 0.3) is 0 Å². The Morgan fingerprint density at radius 2 is 2.05 bits per heavy atom. The number of anilines is 1. The molecule has 1 aliphatic heterocycles. The summed E-state index contributed by atoms with van der Waals surface area (Å²) in [7, 11) is 0. The Bertz CT molecular complexity index is 592. The zero-order valence-electron chi connectivity index (χ0n) is 12.6. The van der Waals surface area contributed by atoms with E-state index >= 15 is 0 Å². The first-order valence-electron chi connectivity index (χ1n) is 7.77. The van der Waals surface area contributed by atoms with E-state index in [1.54, 1.807) is 0 Å². The average Bonchev–Trinajstić information content (AvgIpc) is 2.73. The quantitative estimate of drug-likeness (QED) is 0.939. The van der Waals surface area contributed by atoms with Gasteiger partial charge < -0.3 is 10.6 Å². The Morgan fingerprint density at radius 3 is 2.81 bits per heavy atom. The summed E-state index contributed by atoms with van der Waals surface area (Å²) in [6, 6.07) is 13.2. The molecule has 0 radical (unpaired) electrons. The molecule has 0 saturated heterocycles. The number of hydrogen-bond donors (Lipinski definition) is 1. The number of pyridine rings is 1. The number of aromatic nitrogens is 1. The summed E-state index contributed by atoms with van der Waals surface area (Å²) in [5.74, 6) is 0. The minimum Gasteiger partial charge on any atom is -0.363 e. The third kappa shape index (κ3) is 2.93. The largest absolute Gasteiger partial charge is 0.363 e. The van der Waals surface area contributed by atoms with Gasteiger partial charge >= 0.3 is 0 Å². The van der Waals surface area contributed by atoms with Gasteiger partial charge in [0.25, 0.3) is 0 Å². The van der Waals surface area contributed by atoms with Crippen LogP contribution in [0.3, 0.4) is 0 Å². The molecule has 0 spiro atoms. The molecule has 1 aromatic carbocycles. The molecule has 1 unspecified atom stereocenters. The fraction of sp³-hybridized carbons (Fsp3) is 0.389. The van der Waals surface area contributed by atoms with E-state index in [0.717, 1.165) is 18.7 Å². The number of para-hydroxylation sites is 1. The lowest BCUT2D eigenvalue weighted by molar-refractivity contribution is 0.609. The lowest BCUT2D eigenvalue weighted by Crippen LogP contribution is -2.34. The van der Waals surface area contributed by atoms with Crippen LogP contribution in [0.1, 0.15) is 35.7 Å². The summed E-state index contributed by atoms with van der Waals surface area (Å²) in [5.41, 5.74) is 11.1. The van der Waals surface area contributed by atoms with Crippen LogP contribution < -0.4 is 10.6 Å². The van der Waals surface area contributed by atoms with E-state index in [0.29, 0.717) is 6.54 Å². The summed E-state index contributed by atoms with van der Waals surface area (Å²) in [5, 5.41) is 0. The minimum absolute atomic E-state index is 0.206. The van der Waals surface area contributed by atoms with Crippen molar-refractivity contribution in [2.75, 3.05) is 18.0 Å². The van der Waals surface area contributed by atoms with Gasteiger partial charge in [-0.05, 0) is 49.4 Å². The SMILES string of the molecule is Cc1ccc(C(CN)N2CCCCc3ccccc32)cn1. The van der Waals surface area contributed by atoms with Gasteiger partial charge in [-0.15, -0.1) is 0 Å². The molecule has 2 N–H and O–H groups in total. The second-order valence-electron chi connectivity index (χ2n) is 5.76. The van der Waals surface area contributed by atoms with Crippen LogP contribution in [0.2, 0.25) is 0 Å². The highest BCUT2D eigenvalue weighted by molar-refractivity contribution is 5.56. The monoisotopic (exact) mass is 281 g/mol. The van der Waals surface area contributed by atoms with Gasteiger partial charge in [0.1, 0.15) is 0 Å². The van der Waals surface area contributed by atoms with Gasteiger partial charge in [0.15, 0.2) is 0 Å². The van der Waals surface area contributed by atoms with E-state index in [4.69, 9.17) is 5.73 Å². The molecule has 3 rings (SSSR count). The van der Waals surface area contributed by atoms with Crippen molar-refractivity contribution in [2.24, 2.45) is 5.73 Å². The number of rotatable bonds is 3. The molecule has 0 amide bonds. The molecule has 21 heavy (non-hydrogen) atoms. The van der Waals surface area contributed by atoms with E-state index in [1.165, 1.54) is 29.7 Å². The van der Waals surface area contributed by atoms with E-state index in [2.05, 4.69) is 46.3 Å². The smallest absolute Gasteiger partial charge is 0.0679 e. The normalized spacial score (nSPS) is 16.2. The van der Waals surface area contributed by atoms with Crippen molar-refractivity contribution >= 4 is 5.69 Å². The fourth-order valence-electron chi connectivity index (χ4n) is 3.16. The summed E-state index contributed by atoms with van der Waals surface area (Å²) < 4.78 is 0. The van der Waals surface area contributed by atoms with Crippen LogP contribution in [0, 0.1) is 6.92 Å². The van der Waals surface area contributed by atoms with Crippen molar-refractivity contribution in [3.05, 3.63) is 59.4 Å². The van der Waals surface area contributed by atoms with Crippen molar-refractivity contribution in [1.82, 2.24) is 4.98 Å². The standard InChI is InChI=1S/C18H23N3/c1-14-9-10-16(13-20-14)18(12-19)21-11-5-4-7-15-6-2-3-8-17(15)21/h2-3,6,8-10,13,18H,4-5,7,11-12,19H2,1H3. The molecule has 3 nitrogen and oxygen atoms in total. The van der Waals surface area contributed by atoms with Gasteiger partial charge in [-0.1, -0.05) is 24.3 Å². The maximum Gasteiger partial charge on any atom is 0.0679 e. The molecule has 0 aliphatic carbocycles. The number of hydrogen-bond acceptors (Lipinski definition) is 3. The Labute approximate surface area is 126 Å². The molecule has 3 heteroatoms. The van der Waals surface area contributed by atoms with Crippen molar-refractivity contribution in [3.8, 4) is 0 Å². The van der Waals surface area contributed by atoms with Gasteiger partial charge in [-0.25, -0.2) is 0 Å². The summed E-state index contributed by atoms with van der Waals surface area (Å²) in [6.45, 7) is 3.69. The van der Waals surface area contributed by atoms with E-state index in [1.807, 2.05) is 13.1 Å². The molecule has 1 aliphatic rings. The number of aryl methyl sites for hydroxylation is 2. The second kappa shape index (κ2) is 6.27. The van der Waals surface area contributed by atoms with E-state index in [9.17, 15) is 0 Å². The molecule has 2 heterocycles. The Balaban J connectivity index is 1.98. The third-order valence-corrected chi connectivity index (χ3v) is 4.31. The molecular weight excluding hydrogens is 258 g/mol. The molecule has 1 atom stereocenters. The van der Waals surface area contributed by atoms with Crippen LogP contribution >= 0.6 is 0 Å². The van der Waals surface area contributed by atoms with E-state index in [-0.39, 0.29) is 6.04 Å². The summed E-state index contributed by atoms with van der Waals surface area (Å²) in [4.78, 5) is 6.91. The molecular formula is C18H23N3. The highest BCUT2D eigenvalue weighted by atomic mass is 15.2. The Morgan fingerprint density at radius 1 is 1.19 bits per heavy atom. The number of fused-ring (bicyclic) bond motifs is 1. The molecule has 2 aromatic rings. The van der Waals surface area contributed by atoms with Gasteiger partial charge in [-0.2, -0.15) is 0 Å². The van der Waals surface area contributed by atoms with E-state index < -0.39 is 0 Å². The number of nitrogens with zero attached hydrogens (tertiary/aromatic N) is 2. The minimum atomic E-state index is 0.206. The lowest BCUT2D eigenvalue weighted by Gasteiger charge is -2.33. The third-order valence-electron chi connectivity index (χ3n) is 4.31. The highest BCUT2D eigenvalue weighted by Gasteiger charge is 2.23. The number of nitrogens with two attached hydrogens (primary N) is 1. The van der Waals surface area contributed by atoms with Crippen molar-refractivity contribution < 1.29 is 0 Å². The first-order valence-corrected chi connectivity index (χ1v) is 7.77. The fourth-order valence-corrected chi connectivity index (χ4v) is 3.16. The molecule has 0 fully saturated rings. The molecule has 0 bridgehead atoms. The van der Waals surface area contributed by atoms with Gasteiger partial charge in [-0.3, -0.25) is 4.98 Å². The molecule has 110 valence electrons. The summed E-state index contributed by atoms with van der Waals surface area (Å²) >= 11 is 0. The first-order chi connectivity index (χ1) is 10.3. The zero-order chi connectivity index (χ0) is 14.7. The Hall–Kier alpha value is -1.87. The highest BCUT2D eigenvalue weighted by Crippen LogP contribution is 2.32. The zero-order valence-corrected chi connectivity index (χ0v) is 12.6. The topological polar surface area (TPSA) is 42.1 Å². The van der Waals surface area contributed by atoms with Gasteiger partial charge in [0.05, 0.1) is 6.04 Å². The average molecular weight is 281 g/mol. The molecule has 0 saturated carbocycles. The maximum absolute atomic E-state index is 6.11. The Kier molecular flexibility index (Phi) is 4.20. The number of benzene rings is 1. The maximum atomic E-state index is 6.11. The van der Waals surface area contributed by atoms with Crippen LogP contribution in [-0.4, -0.2) is 18.1 Å². The predicted molar refractivity (Wildman–Crippen MR) is 87.5 cm³/mol. The van der Waals surface area contributed by atoms with Crippen LogP contribution in [0.15, 0.2) is 42.6 Å². The lowest BCUT2D eigenvalue weighted by atomic mass is 10.0. The van der Waals surface area contributed by atoms with Gasteiger partial charge in [0.2, 0.25) is 0 Å². The van der Waals surface area contributed by atoms with Crippen molar-refractivity contribution in [2.45, 2.75) is 32.2 Å². The van der Waals surface area contributed by atoms with Crippen molar-refractivity contribution in [1.29, 1.82) is 0 Å². The summed E-state index contributed by atoms with van der Waals surface area (Å²) in [6.07, 6.45) is 5.60. The van der Waals surface area contributed by atoms with Crippen molar-refractivity contribution in [3.63, 3.8) is 0 Å². The second-order valence-corrected chi connectivity index (χ2v) is 5.76.